The van der Waals surface area contributed by atoms with Crippen molar-refractivity contribution < 1.29 is 13.2 Å². The SMILES string of the molecule is Br.NS(=O)(=O)c1cc(CBr)cc(NCc2ccccc2)c1Oc1ccccc1. The van der Waals surface area contributed by atoms with Gasteiger partial charge in [-0.1, -0.05) is 64.5 Å². The third-order valence-electron chi connectivity index (χ3n) is 3.86. The first-order chi connectivity index (χ1) is 13.0. The fraction of sp³-hybridized carbons (Fsp3) is 0.100. The molecule has 148 valence electrons. The molecule has 0 amide bonds. The van der Waals surface area contributed by atoms with Crippen molar-refractivity contribution in [1.82, 2.24) is 0 Å². The molecule has 0 radical (unpaired) electrons. The summed E-state index contributed by atoms with van der Waals surface area (Å²) in [4.78, 5) is -0.0566. The topological polar surface area (TPSA) is 81.4 Å². The highest BCUT2D eigenvalue weighted by atomic mass is 79.9. The lowest BCUT2D eigenvalue weighted by Crippen LogP contribution is -2.15. The van der Waals surface area contributed by atoms with Gasteiger partial charge in [-0.2, -0.15) is 0 Å². The zero-order valence-electron chi connectivity index (χ0n) is 14.8. The Morgan fingerprint density at radius 2 is 1.54 bits per heavy atom. The predicted octanol–water partition coefficient (Wildman–Crippen LogP) is 5.21. The lowest BCUT2D eigenvalue weighted by Gasteiger charge is -2.17. The average molecular weight is 528 g/mol. The van der Waals surface area contributed by atoms with Crippen molar-refractivity contribution in [2.75, 3.05) is 5.32 Å². The van der Waals surface area contributed by atoms with Crippen LogP contribution < -0.4 is 15.2 Å². The first-order valence-corrected chi connectivity index (χ1v) is 10.9. The van der Waals surface area contributed by atoms with Crippen molar-refractivity contribution in [2.45, 2.75) is 16.8 Å². The minimum atomic E-state index is -3.98. The van der Waals surface area contributed by atoms with Crippen molar-refractivity contribution in [3.63, 3.8) is 0 Å². The van der Waals surface area contributed by atoms with Gasteiger partial charge < -0.3 is 10.1 Å². The lowest BCUT2D eigenvalue weighted by molar-refractivity contribution is 0.469. The molecule has 0 saturated heterocycles. The summed E-state index contributed by atoms with van der Waals surface area (Å²) >= 11 is 3.38. The van der Waals surface area contributed by atoms with Gasteiger partial charge in [-0.25, -0.2) is 13.6 Å². The summed E-state index contributed by atoms with van der Waals surface area (Å²) < 4.78 is 30.3. The highest BCUT2D eigenvalue weighted by molar-refractivity contribution is 9.08. The lowest BCUT2D eigenvalue weighted by atomic mass is 10.2. The second-order valence-corrected chi connectivity index (χ2v) is 7.99. The molecule has 0 unspecified atom stereocenters. The van der Waals surface area contributed by atoms with Crippen LogP contribution in [-0.4, -0.2) is 8.42 Å². The number of rotatable bonds is 7. The number of halogens is 2. The number of benzene rings is 3. The molecule has 5 nitrogen and oxygen atoms in total. The van der Waals surface area contributed by atoms with Crippen molar-refractivity contribution in [1.29, 1.82) is 0 Å². The third-order valence-corrected chi connectivity index (χ3v) is 5.43. The van der Waals surface area contributed by atoms with Crippen molar-refractivity contribution in [2.24, 2.45) is 5.14 Å². The smallest absolute Gasteiger partial charge is 0.241 e. The molecule has 0 fully saturated rings. The first-order valence-electron chi connectivity index (χ1n) is 8.24. The Morgan fingerprint density at radius 1 is 0.929 bits per heavy atom. The van der Waals surface area contributed by atoms with E-state index < -0.39 is 10.0 Å². The Labute approximate surface area is 183 Å². The number of nitrogens with one attached hydrogen (secondary N) is 1. The van der Waals surface area contributed by atoms with Gasteiger partial charge in [0.15, 0.2) is 5.75 Å². The van der Waals surface area contributed by atoms with Gasteiger partial charge in [-0.15, -0.1) is 17.0 Å². The van der Waals surface area contributed by atoms with Gasteiger partial charge in [0.25, 0.3) is 0 Å². The number of alkyl halides is 1. The molecular formula is C20H20Br2N2O3S. The van der Waals surface area contributed by atoms with Gasteiger partial charge in [0, 0.05) is 11.9 Å². The van der Waals surface area contributed by atoms with Crippen molar-refractivity contribution >= 4 is 48.6 Å². The summed E-state index contributed by atoms with van der Waals surface area (Å²) in [5.41, 5.74) is 2.39. The third kappa shape index (κ3) is 5.81. The number of primary sulfonamides is 1. The number of ether oxygens (including phenoxy) is 1. The largest absolute Gasteiger partial charge is 0.454 e. The van der Waals surface area contributed by atoms with Crippen molar-refractivity contribution in [3.8, 4) is 11.5 Å². The van der Waals surface area contributed by atoms with E-state index in [1.165, 1.54) is 6.07 Å². The molecule has 0 aliphatic carbocycles. The molecule has 3 rings (SSSR count). The second kappa shape index (κ2) is 10.1. The quantitative estimate of drug-likeness (QED) is 0.413. The summed E-state index contributed by atoms with van der Waals surface area (Å²) in [6.45, 7) is 0.516. The van der Waals surface area contributed by atoms with Crippen LogP contribution in [0.15, 0.2) is 77.7 Å². The maximum Gasteiger partial charge on any atom is 0.241 e. The van der Waals surface area contributed by atoms with E-state index in [2.05, 4.69) is 21.2 Å². The standard InChI is InChI=1S/C20H19BrN2O3S.BrH/c21-13-16-11-18(23-14-15-7-3-1-4-8-15)20(19(12-16)27(22,24)25)26-17-9-5-2-6-10-17;/h1-12,23H,13-14H2,(H2,22,24,25);1H. The van der Waals surface area contributed by atoms with E-state index in [0.29, 0.717) is 23.3 Å². The van der Waals surface area contributed by atoms with E-state index in [1.54, 1.807) is 12.1 Å². The highest BCUT2D eigenvalue weighted by Gasteiger charge is 2.21. The van der Waals surface area contributed by atoms with Gasteiger partial charge in [0.1, 0.15) is 10.6 Å². The van der Waals surface area contributed by atoms with Crippen LogP contribution in [0, 0.1) is 0 Å². The van der Waals surface area contributed by atoms with Gasteiger partial charge >= 0.3 is 0 Å². The van der Waals surface area contributed by atoms with Crippen LogP contribution in [0.2, 0.25) is 0 Å². The molecule has 0 aromatic heterocycles. The van der Waals surface area contributed by atoms with Crippen LogP contribution in [0.5, 0.6) is 11.5 Å². The van der Waals surface area contributed by atoms with Crippen LogP contribution in [0.4, 0.5) is 5.69 Å². The molecule has 28 heavy (non-hydrogen) atoms. The molecule has 3 aromatic carbocycles. The predicted molar refractivity (Wildman–Crippen MR) is 121 cm³/mol. The van der Waals surface area contributed by atoms with Gasteiger partial charge in [-0.05, 0) is 35.4 Å². The van der Waals surface area contributed by atoms with E-state index >= 15 is 0 Å². The van der Waals surface area contributed by atoms with E-state index in [4.69, 9.17) is 9.88 Å². The number of anilines is 1. The Morgan fingerprint density at radius 3 is 2.11 bits per heavy atom. The van der Waals surface area contributed by atoms with E-state index in [-0.39, 0.29) is 27.6 Å². The van der Waals surface area contributed by atoms with Crippen LogP contribution >= 0.6 is 32.9 Å². The summed E-state index contributed by atoms with van der Waals surface area (Å²) in [6, 6.07) is 22.2. The number of hydrogen-bond acceptors (Lipinski definition) is 4. The minimum Gasteiger partial charge on any atom is -0.454 e. The maximum absolute atomic E-state index is 12.2. The molecular weight excluding hydrogens is 508 g/mol. The number of para-hydroxylation sites is 1. The molecule has 0 spiro atoms. The van der Waals surface area contributed by atoms with E-state index in [0.717, 1.165) is 11.1 Å². The van der Waals surface area contributed by atoms with Gasteiger partial charge in [0.05, 0.1) is 5.69 Å². The van der Waals surface area contributed by atoms with Crippen LogP contribution in [0.3, 0.4) is 0 Å². The molecule has 8 heteroatoms. The van der Waals surface area contributed by atoms with E-state index in [1.807, 2.05) is 54.6 Å². The monoisotopic (exact) mass is 526 g/mol. The molecule has 3 N–H and O–H groups in total. The summed E-state index contributed by atoms with van der Waals surface area (Å²) in [5.74, 6) is 0.709. The zero-order valence-corrected chi connectivity index (χ0v) is 19.0. The Hall–Kier alpha value is -1.87. The molecule has 0 aliphatic rings. The fourth-order valence-electron chi connectivity index (χ4n) is 2.58. The highest BCUT2D eigenvalue weighted by Crippen LogP contribution is 2.37. The van der Waals surface area contributed by atoms with Gasteiger partial charge in [0.2, 0.25) is 10.0 Å². The Kier molecular flexibility index (Phi) is 8.06. The summed E-state index contributed by atoms with van der Waals surface area (Å²) in [6.07, 6.45) is 0. The molecule has 0 saturated carbocycles. The maximum atomic E-state index is 12.2. The molecule has 0 bridgehead atoms. The molecule has 0 atom stereocenters. The van der Waals surface area contributed by atoms with Gasteiger partial charge in [-0.3, -0.25) is 0 Å². The molecule has 0 aliphatic heterocycles. The number of nitrogens with two attached hydrogens (primary N) is 1. The number of sulfonamides is 1. The Bertz CT molecular complexity index is 1010. The zero-order chi connectivity index (χ0) is 19.3. The average Bonchev–Trinajstić information content (AvgIpc) is 2.67. The Balaban J connectivity index is 0.00000280. The van der Waals surface area contributed by atoms with E-state index in [9.17, 15) is 8.42 Å². The molecule has 0 heterocycles. The van der Waals surface area contributed by atoms with Crippen LogP contribution in [-0.2, 0) is 21.9 Å². The fourth-order valence-corrected chi connectivity index (χ4v) is 3.63. The van der Waals surface area contributed by atoms with Crippen molar-refractivity contribution in [3.05, 3.63) is 83.9 Å². The second-order valence-electron chi connectivity index (χ2n) is 5.90. The molecule has 3 aromatic rings. The van der Waals surface area contributed by atoms with Crippen LogP contribution in [0.25, 0.3) is 0 Å². The summed E-state index contributed by atoms with van der Waals surface area (Å²) in [5, 5.41) is 9.22. The number of hydrogen-bond donors (Lipinski definition) is 2. The normalized spacial score (nSPS) is 10.8. The first kappa shape index (κ1) is 22.4. The van der Waals surface area contributed by atoms with Crippen LogP contribution in [0.1, 0.15) is 11.1 Å². The summed E-state index contributed by atoms with van der Waals surface area (Å²) in [7, 11) is -3.98. The minimum absolute atomic E-state index is 0.